The fourth-order valence-electron chi connectivity index (χ4n) is 3.67. The molecule has 68 heavy (non-hydrogen) atoms. The number of phenols is 1. The molecule has 6 unspecified atom stereocenters. The molecule has 28 heteroatoms. The number of primary amides is 2. The fraction of sp³-hybridized carbons (Fsp3) is 0.450. The van der Waals surface area contributed by atoms with Crippen LogP contribution in [0, 0.1) is 5.92 Å². The van der Waals surface area contributed by atoms with Crippen molar-refractivity contribution in [2.24, 2.45) is 57.5 Å². The predicted octanol–water partition coefficient (Wildman–Crippen LogP) is -3.34. The third-order valence-electron chi connectivity index (χ3n) is 7.29. The van der Waals surface area contributed by atoms with E-state index in [1.165, 1.54) is 12.1 Å². The summed E-state index contributed by atoms with van der Waals surface area (Å²) in [5.74, 6) is -9.10. The van der Waals surface area contributed by atoms with E-state index in [9.17, 15) is 47.9 Å². The van der Waals surface area contributed by atoms with Gasteiger partial charge in [0, 0.05) is 12.8 Å². The molecule has 0 bridgehead atoms. The monoisotopic (exact) mass is 977 g/mol. The summed E-state index contributed by atoms with van der Waals surface area (Å²) >= 11 is 0. The lowest BCUT2D eigenvalue weighted by Gasteiger charge is -2.07. The molecule has 0 heterocycles. The molecule has 0 aromatic heterocycles. The largest absolute Gasteiger partial charge is 0.508 e. The minimum atomic E-state index is -1.21. The van der Waals surface area contributed by atoms with Crippen molar-refractivity contribution < 1.29 is 93.9 Å². The van der Waals surface area contributed by atoms with Crippen molar-refractivity contribution >= 4 is 59.6 Å². The van der Waals surface area contributed by atoms with Gasteiger partial charge in [-0.15, -0.1) is 0 Å². The van der Waals surface area contributed by atoms with E-state index < -0.39 is 95.8 Å². The predicted molar refractivity (Wildman–Crippen MR) is 241 cm³/mol. The Morgan fingerprint density at radius 2 is 0.794 bits per heavy atom. The summed E-state index contributed by atoms with van der Waals surface area (Å²) in [6, 6.07) is 10.1. The molecular formula is C40H67N9O19. The van der Waals surface area contributed by atoms with Crippen molar-refractivity contribution in [3.8, 4) is 5.75 Å². The highest BCUT2D eigenvalue weighted by Crippen LogP contribution is 2.11. The number of benzene rings is 2. The maximum atomic E-state index is 10.4. The number of carbonyl (C=O) groups excluding carboxylic acids is 2. The third-order valence-corrected chi connectivity index (χ3v) is 7.29. The van der Waals surface area contributed by atoms with Crippen molar-refractivity contribution in [3.05, 3.63) is 65.7 Å². The quantitative estimate of drug-likeness (QED) is 0.0581. The summed E-state index contributed by atoms with van der Waals surface area (Å²) in [5.41, 5.74) is 46.6. The maximum Gasteiger partial charge on any atom is 0.321 e. The minimum absolute atomic E-state index is 0.0213. The lowest BCUT2D eigenvalue weighted by molar-refractivity contribution is -0.141. The molecule has 0 aliphatic rings. The van der Waals surface area contributed by atoms with Crippen LogP contribution >= 0.6 is 0 Å². The Labute approximate surface area is 390 Å². The number of carbonyl (C=O) groups is 10. The van der Waals surface area contributed by atoms with Gasteiger partial charge in [-0.25, -0.2) is 0 Å². The lowest BCUT2D eigenvalue weighted by Crippen LogP contribution is -2.34. The van der Waals surface area contributed by atoms with Crippen LogP contribution in [0.2, 0.25) is 0 Å². The van der Waals surface area contributed by atoms with Gasteiger partial charge in [-0.3, -0.25) is 47.9 Å². The average Bonchev–Trinajstić information content (AvgIpc) is 3.23. The van der Waals surface area contributed by atoms with E-state index in [1.54, 1.807) is 12.1 Å². The van der Waals surface area contributed by atoms with Crippen LogP contribution in [0.5, 0.6) is 5.75 Å². The lowest BCUT2D eigenvalue weighted by atomic mass is 10.1. The highest BCUT2D eigenvalue weighted by molar-refractivity contribution is 5.83. The summed E-state index contributed by atoms with van der Waals surface area (Å²) in [6.07, 6.45) is 0.798. The molecule has 2 rings (SSSR count). The molecule has 0 saturated heterocycles. The molecule has 6 atom stereocenters. The zero-order valence-corrected chi connectivity index (χ0v) is 37.4. The maximum absolute atomic E-state index is 10.4. The van der Waals surface area contributed by atoms with Crippen LogP contribution in [-0.4, -0.2) is 148 Å². The molecule has 2 amide bonds. The Kier molecular flexibility index (Phi) is 42.1. The number of hydrogen-bond donors (Lipinski definition) is 18. The average molecular weight is 978 g/mol. The first kappa shape index (κ1) is 69.7. The van der Waals surface area contributed by atoms with Gasteiger partial charge in [-0.2, -0.15) is 0 Å². The number of amides is 2. The Balaban J connectivity index is -0.000000230. The van der Waals surface area contributed by atoms with Crippen LogP contribution < -0.4 is 51.6 Å². The van der Waals surface area contributed by atoms with Gasteiger partial charge in [-0.1, -0.05) is 56.3 Å². The summed E-state index contributed by atoms with van der Waals surface area (Å²) in [4.78, 5) is 100. The van der Waals surface area contributed by atoms with Crippen molar-refractivity contribution in [3.63, 3.8) is 0 Å². The second kappa shape index (κ2) is 41.1. The van der Waals surface area contributed by atoms with Crippen LogP contribution in [0.15, 0.2) is 54.6 Å². The van der Waals surface area contributed by atoms with Gasteiger partial charge in [0.05, 0.1) is 13.0 Å². The minimum Gasteiger partial charge on any atom is -0.508 e. The molecule has 386 valence electrons. The molecule has 2 aromatic rings. The Hall–Kier alpha value is -7.34. The van der Waals surface area contributed by atoms with E-state index in [1.807, 2.05) is 44.2 Å². The zero-order chi connectivity index (χ0) is 54.3. The van der Waals surface area contributed by atoms with E-state index in [2.05, 4.69) is 11.5 Å². The standard InChI is InChI=1S/C9H11NO3.C9H11NO2.C6H13NO2.C5H10N2O3.C5H9NO4.C4H8N2O3.C2H5NO2/c10-8(9(12)13)5-6-1-3-7(11)4-2-6;10-8(9(11)12)6-7-4-2-1-3-5-7;1-4(2)3-5(7)6(8)9;2*6-3(5(9)10)1-2-4(7)8;5-2(4(8)9)1-3(6)7;3-1-2(4)5/h1-4,8,11H,5,10H2,(H,12,13);1-5,8H,6,10H2,(H,11,12);4-5H,3,7H2,1-2H3,(H,8,9);3H,1-2,6H2,(H2,7,8)(H,9,10);3H,1-2,6H2,(H,7,8)(H,9,10);2H,1,5H2,(H2,6,7)(H,8,9);1,3H2,(H,4,5). The Morgan fingerprint density at radius 1 is 0.456 bits per heavy atom. The normalized spacial score (nSPS) is 12.3. The van der Waals surface area contributed by atoms with Crippen LogP contribution in [-0.2, 0) is 60.8 Å². The zero-order valence-electron chi connectivity index (χ0n) is 37.4. The van der Waals surface area contributed by atoms with Gasteiger partial charge in [0.15, 0.2) is 0 Å². The van der Waals surface area contributed by atoms with Crippen LogP contribution in [0.3, 0.4) is 0 Å². The van der Waals surface area contributed by atoms with Gasteiger partial charge in [0.2, 0.25) is 11.8 Å². The molecule has 0 aliphatic heterocycles. The van der Waals surface area contributed by atoms with E-state index in [0.717, 1.165) is 11.1 Å². The van der Waals surface area contributed by atoms with E-state index in [0.29, 0.717) is 18.8 Å². The first-order valence-electron chi connectivity index (χ1n) is 19.6. The molecule has 0 aliphatic carbocycles. The van der Waals surface area contributed by atoms with Crippen LogP contribution in [0.4, 0.5) is 0 Å². The number of aromatic hydroxyl groups is 1. The van der Waals surface area contributed by atoms with Gasteiger partial charge in [0.1, 0.15) is 42.0 Å². The molecule has 27 N–H and O–H groups in total. The van der Waals surface area contributed by atoms with Gasteiger partial charge < -0.3 is 97.6 Å². The summed E-state index contributed by atoms with van der Waals surface area (Å²) in [7, 11) is 0. The molecule has 0 saturated carbocycles. The Morgan fingerprint density at radius 3 is 1.04 bits per heavy atom. The summed E-state index contributed by atoms with van der Waals surface area (Å²) < 4.78 is 0. The van der Waals surface area contributed by atoms with Crippen molar-refractivity contribution in [1.29, 1.82) is 0 Å². The second-order valence-electron chi connectivity index (χ2n) is 14.1. The number of hydrogen-bond acceptors (Lipinski definition) is 18. The van der Waals surface area contributed by atoms with Crippen molar-refractivity contribution in [2.75, 3.05) is 6.54 Å². The first-order valence-corrected chi connectivity index (χ1v) is 19.6. The number of aliphatic carboxylic acids is 8. The smallest absolute Gasteiger partial charge is 0.321 e. The SMILES string of the molecule is CC(C)CC(N)C(=O)O.NC(=O)CC(N)C(=O)O.NC(=O)CCC(N)C(=O)O.NC(CCC(=O)O)C(=O)O.NC(Cc1ccc(O)cc1)C(=O)O.NC(Cc1ccccc1)C(=O)O.NCC(=O)O. The highest BCUT2D eigenvalue weighted by Gasteiger charge is 2.15. The number of carboxylic acids is 8. The molecule has 0 spiro atoms. The number of carboxylic acid groups (broad SMARTS) is 8. The number of rotatable bonds is 21. The number of phenolic OH excluding ortho intramolecular Hbond substituents is 1. The van der Waals surface area contributed by atoms with Gasteiger partial charge >= 0.3 is 47.8 Å². The summed E-state index contributed by atoms with van der Waals surface area (Å²) in [6.45, 7) is 3.62. The molecule has 0 radical (unpaired) electrons. The van der Waals surface area contributed by atoms with Gasteiger partial charge in [0.25, 0.3) is 0 Å². The van der Waals surface area contributed by atoms with Crippen LogP contribution in [0.25, 0.3) is 0 Å². The van der Waals surface area contributed by atoms with Crippen molar-refractivity contribution in [1.82, 2.24) is 0 Å². The fourth-order valence-corrected chi connectivity index (χ4v) is 3.67. The van der Waals surface area contributed by atoms with E-state index in [4.69, 9.17) is 86.1 Å². The van der Waals surface area contributed by atoms with E-state index in [-0.39, 0.29) is 50.8 Å². The molecule has 0 fully saturated rings. The van der Waals surface area contributed by atoms with E-state index >= 15 is 0 Å². The van der Waals surface area contributed by atoms with Gasteiger partial charge in [-0.05, 0) is 61.3 Å². The topological polar surface area (TPSA) is 587 Å². The highest BCUT2D eigenvalue weighted by atomic mass is 16.4. The first-order chi connectivity index (χ1) is 31.2. The summed E-state index contributed by atoms with van der Waals surface area (Å²) in [5, 5.41) is 74.5. The second-order valence-corrected chi connectivity index (χ2v) is 14.1. The molecule has 2 aromatic carbocycles. The molecular weight excluding hydrogens is 910 g/mol. The third kappa shape index (κ3) is 49.7. The Bertz CT molecular complexity index is 1790. The molecule has 28 nitrogen and oxygen atoms in total. The van der Waals surface area contributed by atoms with Crippen LogP contribution in [0.1, 0.15) is 63.5 Å². The number of nitrogens with two attached hydrogens (primary N) is 9. The van der Waals surface area contributed by atoms with Crippen molar-refractivity contribution in [2.45, 2.75) is 101 Å².